The van der Waals surface area contributed by atoms with Crippen LogP contribution in [0.3, 0.4) is 0 Å². The van der Waals surface area contributed by atoms with Crippen LogP contribution in [0, 0.1) is 11.6 Å². The van der Waals surface area contributed by atoms with Crippen molar-refractivity contribution in [2.24, 2.45) is 5.10 Å². The van der Waals surface area contributed by atoms with Crippen molar-refractivity contribution in [2.45, 2.75) is 13.0 Å². The second-order valence-corrected chi connectivity index (χ2v) is 9.19. The molecule has 0 N–H and O–H groups in total. The molecule has 182 valence electrons. The van der Waals surface area contributed by atoms with E-state index in [0.29, 0.717) is 29.5 Å². The molecule has 0 spiro atoms. The second kappa shape index (κ2) is 11.4. The molecule has 4 rings (SSSR count). The average Bonchev–Trinajstić information content (AvgIpc) is 2.83. The Balaban J connectivity index is 1.45. The maximum Gasteiger partial charge on any atom is 0.302 e. The lowest BCUT2D eigenvalue weighted by Gasteiger charge is -2.23. The van der Waals surface area contributed by atoms with Crippen LogP contribution in [-0.2, 0) is 6.54 Å². The Morgan fingerprint density at radius 2 is 1.80 bits per heavy atom. The fraction of sp³-hybridized carbons (Fsp3) is 0.280. The number of thioether (sulfide) groups is 1. The largest absolute Gasteiger partial charge is 0.490 e. The van der Waals surface area contributed by atoms with Gasteiger partial charge in [0.15, 0.2) is 11.6 Å². The third-order valence-electron chi connectivity index (χ3n) is 5.14. The number of amides is 1. The molecule has 0 fully saturated rings. The Morgan fingerprint density at radius 1 is 1.06 bits per heavy atom. The minimum Gasteiger partial charge on any atom is -0.490 e. The molecule has 0 aliphatic carbocycles. The molecule has 1 amide bonds. The van der Waals surface area contributed by atoms with E-state index in [2.05, 4.69) is 20.0 Å². The molecule has 0 saturated carbocycles. The summed E-state index contributed by atoms with van der Waals surface area (Å²) in [5, 5.41) is 5.44. The Bertz CT molecular complexity index is 1200. The van der Waals surface area contributed by atoms with Gasteiger partial charge in [-0.1, -0.05) is 30.0 Å². The zero-order chi connectivity index (χ0) is 24.8. The quantitative estimate of drug-likeness (QED) is 0.395. The molecule has 0 atom stereocenters. The van der Waals surface area contributed by atoms with Crippen LogP contribution in [0.5, 0.6) is 5.75 Å². The molecule has 3 aromatic rings. The maximum absolute atomic E-state index is 13.6. The standard InChI is InChI=1S/C25H25F2N5O2S/c1-31(2)7-4-8-34-22-13-28-24(29-14-22)18-6-3-5-17(9-18)15-32-25(33)35-16-23(30-32)19-10-20(26)12-21(27)11-19/h3,5-6,9-14H,4,7-8,15-16H2,1-2H3. The van der Waals surface area contributed by atoms with Crippen LogP contribution in [0.4, 0.5) is 13.6 Å². The number of hydrogen-bond donors (Lipinski definition) is 0. The second-order valence-electron chi connectivity index (χ2n) is 8.27. The van der Waals surface area contributed by atoms with Gasteiger partial charge in [0, 0.05) is 29.5 Å². The van der Waals surface area contributed by atoms with Gasteiger partial charge in [-0.2, -0.15) is 5.10 Å². The van der Waals surface area contributed by atoms with Crippen molar-refractivity contribution >= 4 is 22.7 Å². The summed E-state index contributed by atoms with van der Waals surface area (Å²) in [7, 11) is 4.03. The first-order valence-electron chi connectivity index (χ1n) is 11.0. The lowest BCUT2D eigenvalue weighted by molar-refractivity contribution is 0.222. The topological polar surface area (TPSA) is 70.9 Å². The molecule has 2 heterocycles. The molecule has 1 aromatic heterocycles. The third kappa shape index (κ3) is 6.83. The van der Waals surface area contributed by atoms with Gasteiger partial charge in [0.1, 0.15) is 11.6 Å². The van der Waals surface area contributed by atoms with E-state index in [-0.39, 0.29) is 17.5 Å². The Morgan fingerprint density at radius 3 is 2.51 bits per heavy atom. The zero-order valence-electron chi connectivity index (χ0n) is 19.4. The number of benzene rings is 2. The van der Waals surface area contributed by atoms with Gasteiger partial charge in [-0.15, -0.1) is 0 Å². The molecule has 0 bridgehead atoms. The lowest BCUT2D eigenvalue weighted by atomic mass is 10.1. The van der Waals surface area contributed by atoms with Gasteiger partial charge in [-0.25, -0.2) is 23.8 Å². The van der Waals surface area contributed by atoms with Crippen molar-refractivity contribution in [1.29, 1.82) is 0 Å². The van der Waals surface area contributed by atoms with Crippen LogP contribution < -0.4 is 4.74 Å². The monoisotopic (exact) mass is 497 g/mol. The van der Waals surface area contributed by atoms with Crippen molar-refractivity contribution < 1.29 is 18.3 Å². The molecule has 0 radical (unpaired) electrons. The van der Waals surface area contributed by atoms with E-state index < -0.39 is 11.6 Å². The molecule has 0 unspecified atom stereocenters. The summed E-state index contributed by atoms with van der Waals surface area (Å²) in [6.45, 7) is 1.73. The number of ether oxygens (including phenoxy) is 1. The molecule has 2 aromatic carbocycles. The fourth-order valence-corrected chi connectivity index (χ4v) is 4.21. The highest BCUT2D eigenvalue weighted by molar-refractivity contribution is 8.14. The molecule has 0 saturated heterocycles. The van der Waals surface area contributed by atoms with E-state index in [1.807, 2.05) is 38.4 Å². The van der Waals surface area contributed by atoms with Crippen LogP contribution in [0.2, 0.25) is 0 Å². The van der Waals surface area contributed by atoms with Crippen LogP contribution in [0.15, 0.2) is 60.0 Å². The van der Waals surface area contributed by atoms with Gasteiger partial charge in [-0.05, 0) is 44.3 Å². The summed E-state index contributed by atoms with van der Waals surface area (Å²) < 4.78 is 33.0. The first-order chi connectivity index (χ1) is 16.9. The number of hydrazone groups is 1. The van der Waals surface area contributed by atoms with Gasteiger partial charge in [0.2, 0.25) is 0 Å². The minimum absolute atomic E-state index is 0.202. The van der Waals surface area contributed by atoms with Crippen molar-refractivity contribution in [3.63, 3.8) is 0 Å². The predicted molar refractivity (Wildman–Crippen MR) is 132 cm³/mol. The first-order valence-corrected chi connectivity index (χ1v) is 12.0. The van der Waals surface area contributed by atoms with Crippen molar-refractivity contribution in [3.8, 4) is 17.1 Å². The van der Waals surface area contributed by atoms with Gasteiger partial charge in [0.05, 0.1) is 31.3 Å². The highest BCUT2D eigenvalue weighted by Crippen LogP contribution is 2.24. The number of halogens is 2. The molecule has 7 nitrogen and oxygen atoms in total. The molecule has 1 aliphatic heterocycles. The average molecular weight is 498 g/mol. The summed E-state index contributed by atoms with van der Waals surface area (Å²) in [5.74, 6) is 0.0135. The molecular formula is C25H25F2N5O2S. The summed E-state index contributed by atoms with van der Waals surface area (Å²) in [6, 6.07) is 10.7. The van der Waals surface area contributed by atoms with E-state index >= 15 is 0 Å². The number of nitrogens with zero attached hydrogens (tertiary/aromatic N) is 5. The minimum atomic E-state index is -0.686. The number of carbonyl (C=O) groups excluding carboxylic acids is 1. The molecule has 1 aliphatic rings. The summed E-state index contributed by atoms with van der Waals surface area (Å²) >= 11 is 1.04. The summed E-state index contributed by atoms with van der Waals surface area (Å²) in [5.41, 5.74) is 2.36. The van der Waals surface area contributed by atoms with E-state index in [1.54, 1.807) is 12.4 Å². The van der Waals surface area contributed by atoms with Crippen LogP contribution >= 0.6 is 11.8 Å². The highest BCUT2D eigenvalue weighted by Gasteiger charge is 2.23. The molecular weight excluding hydrogens is 472 g/mol. The van der Waals surface area contributed by atoms with Crippen LogP contribution in [-0.4, -0.2) is 63.8 Å². The SMILES string of the molecule is CN(C)CCCOc1cnc(-c2cccc(CN3N=C(c4cc(F)cc(F)c4)CSC3=O)c2)nc1. The number of hydrogen-bond acceptors (Lipinski definition) is 7. The van der Waals surface area contributed by atoms with E-state index in [4.69, 9.17) is 4.74 Å². The number of rotatable bonds is 9. The Hall–Kier alpha value is -3.37. The summed E-state index contributed by atoms with van der Waals surface area (Å²) in [6.07, 6.45) is 4.19. The summed E-state index contributed by atoms with van der Waals surface area (Å²) in [4.78, 5) is 23.3. The van der Waals surface area contributed by atoms with Crippen LogP contribution in [0.1, 0.15) is 17.5 Å². The number of carbonyl (C=O) groups is 1. The van der Waals surface area contributed by atoms with Crippen molar-refractivity contribution in [1.82, 2.24) is 19.9 Å². The van der Waals surface area contributed by atoms with Gasteiger partial charge < -0.3 is 9.64 Å². The highest BCUT2D eigenvalue weighted by atomic mass is 32.2. The van der Waals surface area contributed by atoms with E-state index in [1.165, 1.54) is 17.1 Å². The molecule has 10 heteroatoms. The Kier molecular flexibility index (Phi) is 8.04. The fourth-order valence-electron chi connectivity index (χ4n) is 3.47. The van der Waals surface area contributed by atoms with E-state index in [0.717, 1.165) is 41.9 Å². The maximum atomic E-state index is 13.6. The third-order valence-corrected chi connectivity index (χ3v) is 6.02. The lowest BCUT2D eigenvalue weighted by Crippen LogP contribution is -2.29. The zero-order valence-corrected chi connectivity index (χ0v) is 20.3. The van der Waals surface area contributed by atoms with E-state index in [9.17, 15) is 13.6 Å². The Labute approximate surface area is 206 Å². The normalized spacial score (nSPS) is 13.8. The van der Waals surface area contributed by atoms with Gasteiger partial charge in [-0.3, -0.25) is 4.79 Å². The van der Waals surface area contributed by atoms with Crippen molar-refractivity contribution in [3.05, 3.63) is 77.6 Å². The predicted octanol–water partition coefficient (Wildman–Crippen LogP) is 4.83. The first kappa shape index (κ1) is 24.7. The van der Waals surface area contributed by atoms with Crippen molar-refractivity contribution in [2.75, 3.05) is 33.0 Å². The number of aromatic nitrogens is 2. The smallest absolute Gasteiger partial charge is 0.302 e. The van der Waals surface area contributed by atoms with Gasteiger partial charge >= 0.3 is 5.24 Å². The van der Waals surface area contributed by atoms with Crippen LogP contribution in [0.25, 0.3) is 11.4 Å². The molecule has 35 heavy (non-hydrogen) atoms. The van der Waals surface area contributed by atoms with Gasteiger partial charge in [0.25, 0.3) is 0 Å².